The normalized spacial score (nSPS) is 10.9. The van der Waals surface area contributed by atoms with Crippen molar-refractivity contribution in [3.8, 4) is 5.75 Å². The van der Waals surface area contributed by atoms with Gasteiger partial charge in [0.25, 0.3) is 5.56 Å². The summed E-state index contributed by atoms with van der Waals surface area (Å²) in [4.78, 5) is 19.5. The molecule has 0 bridgehead atoms. The highest BCUT2D eigenvalue weighted by Crippen LogP contribution is 2.16. The number of methoxy groups -OCH3 is 1. The number of nitrogens with one attached hydrogen (secondary N) is 1. The first-order valence-corrected chi connectivity index (χ1v) is 7.98. The minimum atomic E-state index is -0.0563. The van der Waals surface area contributed by atoms with Crippen molar-refractivity contribution in [1.29, 1.82) is 0 Å². The molecule has 1 heterocycles. The molecule has 112 valence electrons. The zero-order valence-corrected chi connectivity index (χ0v) is 14.6. The molecule has 0 aliphatic heterocycles. The summed E-state index contributed by atoms with van der Waals surface area (Å²) >= 11 is 2.07. The van der Waals surface area contributed by atoms with Gasteiger partial charge in [0, 0.05) is 6.42 Å². The van der Waals surface area contributed by atoms with Crippen LogP contribution >= 0.6 is 22.6 Å². The fourth-order valence-corrected chi connectivity index (χ4v) is 2.61. The topological polar surface area (TPSA) is 55.0 Å². The molecule has 0 atom stereocenters. The van der Waals surface area contributed by atoms with E-state index in [2.05, 4.69) is 46.4 Å². The maximum absolute atomic E-state index is 12.0. The van der Waals surface area contributed by atoms with Gasteiger partial charge < -0.3 is 9.72 Å². The number of rotatable bonds is 5. The average Bonchev–Trinajstić information content (AvgIpc) is 2.44. The van der Waals surface area contributed by atoms with Gasteiger partial charge in [-0.05, 0) is 52.6 Å². The van der Waals surface area contributed by atoms with E-state index in [1.807, 2.05) is 24.3 Å². The Hall–Kier alpha value is -1.37. The highest BCUT2D eigenvalue weighted by Gasteiger charge is 2.11. The van der Waals surface area contributed by atoms with E-state index < -0.39 is 0 Å². The number of hydrogen-bond acceptors (Lipinski definition) is 3. The van der Waals surface area contributed by atoms with Crippen LogP contribution in [-0.2, 0) is 12.8 Å². The fourth-order valence-electron chi connectivity index (χ4n) is 2.14. The van der Waals surface area contributed by atoms with Crippen LogP contribution in [0.3, 0.4) is 0 Å². The summed E-state index contributed by atoms with van der Waals surface area (Å²) in [5.74, 6) is 1.98. The predicted molar refractivity (Wildman–Crippen MR) is 91.9 cm³/mol. The number of ether oxygens (including phenoxy) is 1. The molecular weight excluding hydrogens is 379 g/mol. The molecule has 1 N–H and O–H groups in total. The van der Waals surface area contributed by atoms with Crippen LogP contribution in [0, 0.1) is 9.49 Å². The second-order valence-electron chi connectivity index (χ2n) is 5.40. The van der Waals surface area contributed by atoms with Gasteiger partial charge >= 0.3 is 0 Å². The highest BCUT2D eigenvalue weighted by molar-refractivity contribution is 14.1. The Morgan fingerprint density at radius 1 is 1.38 bits per heavy atom. The molecule has 0 saturated carbocycles. The van der Waals surface area contributed by atoms with Crippen LogP contribution in [0.25, 0.3) is 0 Å². The van der Waals surface area contributed by atoms with Crippen LogP contribution in [0.5, 0.6) is 5.75 Å². The van der Waals surface area contributed by atoms with Crippen molar-refractivity contribution < 1.29 is 4.74 Å². The fraction of sp³-hybridized carbons (Fsp3) is 0.375. The summed E-state index contributed by atoms with van der Waals surface area (Å²) in [7, 11) is 1.64. The first-order valence-electron chi connectivity index (χ1n) is 6.90. The molecule has 0 aliphatic carbocycles. The summed E-state index contributed by atoms with van der Waals surface area (Å²) in [6, 6.07) is 7.80. The third kappa shape index (κ3) is 4.30. The van der Waals surface area contributed by atoms with E-state index in [-0.39, 0.29) is 5.56 Å². The monoisotopic (exact) mass is 398 g/mol. The molecule has 4 nitrogen and oxygen atoms in total. The Bertz CT molecular complexity index is 680. The number of benzene rings is 1. The van der Waals surface area contributed by atoms with Gasteiger partial charge in [0.2, 0.25) is 0 Å². The van der Waals surface area contributed by atoms with Crippen molar-refractivity contribution in [1.82, 2.24) is 9.97 Å². The smallest absolute Gasteiger partial charge is 0.264 e. The molecule has 0 aliphatic rings. The lowest BCUT2D eigenvalue weighted by Crippen LogP contribution is -2.19. The molecule has 0 fully saturated rings. The molecule has 1 aromatic heterocycles. The lowest BCUT2D eigenvalue weighted by molar-refractivity contribution is 0.414. The number of halogens is 1. The minimum Gasteiger partial charge on any atom is -0.497 e. The van der Waals surface area contributed by atoms with Gasteiger partial charge in [0.1, 0.15) is 11.6 Å². The number of aromatic nitrogens is 2. The number of aromatic amines is 1. The van der Waals surface area contributed by atoms with Crippen LogP contribution in [0.4, 0.5) is 0 Å². The molecule has 5 heteroatoms. The summed E-state index contributed by atoms with van der Waals surface area (Å²) < 4.78 is 5.91. The maximum Gasteiger partial charge on any atom is 0.264 e. The number of hydrogen-bond donors (Lipinski definition) is 1. The average molecular weight is 398 g/mol. The first kappa shape index (κ1) is 16.0. The molecule has 2 rings (SSSR count). The first-order chi connectivity index (χ1) is 9.99. The van der Waals surface area contributed by atoms with E-state index in [1.165, 1.54) is 0 Å². The maximum atomic E-state index is 12.0. The Labute approximate surface area is 138 Å². The van der Waals surface area contributed by atoms with Crippen LogP contribution in [0.1, 0.15) is 30.9 Å². The van der Waals surface area contributed by atoms with Gasteiger partial charge in [0.15, 0.2) is 0 Å². The summed E-state index contributed by atoms with van der Waals surface area (Å²) in [5, 5.41) is 0. The van der Waals surface area contributed by atoms with E-state index in [4.69, 9.17) is 4.74 Å². The Balaban J connectivity index is 2.31. The third-order valence-corrected chi connectivity index (χ3v) is 4.20. The van der Waals surface area contributed by atoms with Gasteiger partial charge in [0.05, 0.1) is 16.4 Å². The molecule has 0 spiro atoms. The third-order valence-electron chi connectivity index (χ3n) is 3.09. The number of H-pyrrole nitrogens is 1. The van der Waals surface area contributed by atoms with Gasteiger partial charge in [-0.15, -0.1) is 0 Å². The van der Waals surface area contributed by atoms with Crippen molar-refractivity contribution >= 4 is 22.6 Å². The van der Waals surface area contributed by atoms with Crippen LogP contribution in [0.2, 0.25) is 0 Å². The lowest BCUT2D eigenvalue weighted by Gasteiger charge is -2.09. The standard InChI is InChI=1S/C16H19IN2O2/c1-10(2)7-13-15(17)16(20)19-14(18-13)9-11-5-4-6-12(8-11)21-3/h4-6,8,10H,7,9H2,1-3H3,(H,18,19,20). The molecule has 1 aromatic carbocycles. The van der Waals surface area contributed by atoms with Crippen molar-refractivity contribution in [3.63, 3.8) is 0 Å². The van der Waals surface area contributed by atoms with Gasteiger partial charge in [-0.25, -0.2) is 4.98 Å². The molecular formula is C16H19IN2O2. The van der Waals surface area contributed by atoms with E-state index in [0.29, 0.717) is 21.7 Å². The minimum absolute atomic E-state index is 0.0563. The Morgan fingerprint density at radius 3 is 2.81 bits per heavy atom. The molecule has 0 saturated heterocycles. The zero-order chi connectivity index (χ0) is 15.4. The quantitative estimate of drug-likeness (QED) is 0.788. The molecule has 0 radical (unpaired) electrons. The number of nitrogens with zero attached hydrogens (tertiary/aromatic N) is 1. The zero-order valence-electron chi connectivity index (χ0n) is 12.4. The Kier molecular flexibility index (Phi) is 5.39. The van der Waals surface area contributed by atoms with E-state index in [0.717, 1.165) is 23.4 Å². The molecule has 0 amide bonds. The molecule has 21 heavy (non-hydrogen) atoms. The van der Waals surface area contributed by atoms with Crippen molar-refractivity contribution in [2.75, 3.05) is 7.11 Å². The van der Waals surface area contributed by atoms with Gasteiger partial charge in [-0.2, -0.15) is 0 Å². The summed E-state index contributed by atoms with van der Waals surface area (Å²) in [5.41, 5.74) is 1.89. The second kappa shape index (κ2) is 7.06. The van der Waals surface area contributed by atoms with Crippen molar-refractivity contribution in [2.24, 2.45) is 5.92 Å². The second-order valence-corrected chi connectivity index (χ2v) is 6.48. The van der Waals surface area contributed by atoms with Gasteiger partial charge in [-0.3, -0.25) is 4.79 Å². The largest absolute Gasteiger partial charge is 0.497 e. The SMILES string of the molecule is COc1cccc(Cc2nc(CC(C)C)c(I)c(=O)[nH]2)c1. The molecule has 2 aromatic rings. The highest BCUT2D eigenvalue weighted by atomic mass is 127. The van der Waals surface area contributed by atoms with Crippen LogP contribution in [-0.4, -0.2) is 17.1 Å². The Morgan fingerprint density at radius 2 is 2.14 bits per heavy atom. The van der Waals surface area contributed by atoms with Crippen molar-refractivity contribution in [2.45, 2.75) is 26.7 Å². The van der Waals surface area contributed by atoms with E-state index in [1.54, 1.807) is 7.11 Å². The van der Waals surface area contributed by atoms with Crippen LogP contribution in [0.15, 0.2) is 29.1 Å². The van der Waals surface area contributed by atoms with Gasteiger partial charge in [-0.1, -0.05) is 26.0 Å². The van der Waals surface area contributed by atoms with Crippen LogP contribution < -0.4 is 10.3 Å². The summed E-state index contributed by atoms with van der Waals surface area (Å²) in [6.07, 6.45) is 1.40. The summed E-state index contributed by atoms with van der Waals surface area (Å²) in [6.45, 7) is 4.25. The predicted octanol–water partition coefficient (Wildman–Crippen LogP) is 3.17. The molecule has 0 unspecified atom stereocenters. The van der Waals surface area contributed by atoms with E-state index >= 15 is 0 Å². The lowest BCUT2D eigenvalue weighted by atomic mass is 10.1. The van der Waals surface area contributed by atoms with Crippen molar-refractivity contribution in [3.05, 3.63) is 55.3 Å². The van der Waals surface area contributed by atoms with E-state index in [9.17, 15) is 4.79 Å².